The SMILES string of the molecule is ClC1=C(Cl)C2OC3(Cl)C(Cl)C(Cl)C4C(C4(Cl)Cl)C3(Cl)C2C(Cl)=C1Cl. The van der Waals surface area contributed by atoms with Gasteiger partial charge in [-0.05, 0) is 0 Å². The summed E-state index contributed by atoms with van der Waals surface area (Å²) in [5.41, 5.74) is 0. The summed E-state index contributed by atoms with van der Waals surface area (Å²) >= 11 is 64.7. The van der Waals surface area contributed by atoms with E-state index < -0.39 is 43.0 Å². The molecule has 1 aliphatic heterocycles. The van der Waals surface area contributed by atoms with E-state index in [1.807, 2.05) is 0 Å². The number of fused-ring (bicyclic) bond motifs is 5. The summed E-state index contributed by atoms with van der Waals surface area (Å²) in [5.74, 6) is -1.60. The minimum Gasteiger partial charge on any atom is -0.347 e. The molecule has 8 unspecified atom stereocenters. The van der Waals surface area contributed by atoms with E-state index in [0.717, 1.165) is 0 Å². The quantitative estimate of drug-likeness (QED) is 0.307. The molecular formula is C13H6Cl10O. The largest absolute Gasteiger partial charge is 0.347 e. The van der Waals surface area contributed by atoms with Crippen molar-refractivity contribution in [3.63, 3.8) is 0 Å². The minimum atomic E-state index is -1.61. The summed E-state index contributed by atoms with van der Waals surface area (Å²) in [7, 11) is 0. The Balaban J connectivity index is 1.94. The van der Waals surface area contributed by atoms with Gasteiger partial charge in [0.2, 0.25) is 0 Å². The molecule has 0 aromatic carbocycles. The molecular weight excluding hydrogens is 527 g/mol. The van der Waals surface area contributed by atoms with Crippen LogP contribution in [0.4, 0.5) is 0 Å². The van der Waals surface area contributed by atoms with Crippen LogP contribution in [0.1, 0.15) is 0 Å². The van der Waals surface area contributed by atoms with Crippen molar-refractivity contribution in [2.45, 2.75) is 31.1 Å². The predicted octanol–water partition coefficient (Wildman–Crippen LogP) is 6.95. The monoisotopic (exact) mass is 528 g/mol. The van der Waals surface area contributed by atoms with E-state index in [4.69, 9.17) is 121 Å². The average molecular weight is 533 g/mol. The molecule has 0 aromatic heterocycles. The van der Waals surface area contributed by atoms with Gasteiger partial charge in [0.15, 0.2) is 5.06 Å². The fourth-order valence-electron chi connectivity index (χ4n) is 4.12. The lowest BCUT2D eigenvalue weighted by Crippen LogP contribution is -2.60. The van der Waals surface area contributed by atoms with Crippen LogP contribution in [0.5, 0.6) is 0 Å². The van der Waals surface area contributed by atoms with E-state index >= 15 is 0 Å². The third-order valence-corrected chi connectivity index (χ3v) is 11.0. The highest BCUT2D eigenvalue weighted by atomic mass is 35.5. The molecule has 3 aliphatic carbocycles. The Kier molecular flexibility index (Phi) is 4.66. The van der Waals surface area contributed by atoms with Crippen molar-refractivity contribution in [1.82, 2.24) is 0 Å². The molecule has 8 atom stereocenters. The van der Waals surface area contributed by atoms with Gasteiger partial charge in [0.1, 0.15) is 15.3 Å². The second-order valence-corrected chi connectivity index (χ2v) is 11.5. The lowest BCUT2D eigenvalue weighted by Gasteiger charge is -2.46. The van der Waals surface area contributed by atoms with Crippen LogP contribution < -0.4 is 0 Å². The van der Waals surface area contributed by atoms with E-state index in [2.05, 4.69) is 0 Å². The predicted molar refractivity (Wildman–Crippen MR) is 104 cm³/mol. The van der Waals surface area contributed by atoms with Gasteiger partial charge < -0.3 is 4.74 Å². The second-order valence-electron chi connectivity index (χ2n) is 6.28. The number of ether oxygens (including phenoxy) is 1. The van der Waals surface area contributed by atoms with Crippen LogP contribution in [0.3, 0.4) is 0 Å². The maximum absolute atomic E-state index is 7.03. The van der Waals surface area contributed by atoms with Gasteiger partial charge in [-0.2, -0.15) is 0 Å². The van der Waals surface area contributed by atoms with Crippen LogP contribution >= 0.6 is 116 Å². The average Bonchev–Trinajstić information content (AvgIpc) is 3.00. The van der Waals surface area contributed by atoms with Gasteiger partial charge in [-0.3, -0.25) is 0 Å². The van der Waals surface area contributed by atoms with Crippen molar-refractivity contribution >= 4 is 116 Å². The standard InChI is InChI=1S/C13H6Cl10O/c14-3-1-8(7(18)6(17)5(3)16)24-13(23)10(19)4(15)2-9(11(1,13)20)12(2,21)22/h1-2,4,8-10H. The summed E-state index contributed by atoms with van der Waals surface area (Å²) in [6, 6.07) is 0. The van der Waals surface area contributed by atoms with E-state index in [0.29, 0.717) is 0 Å². The molecule has 11 heteroatoms. The smallest absolute Gasteiger partial charge is 0.180 e. The van der Waals surface area contributed by atoms with Crippen LogP contribution in [0, 0.1) is 17.8 Å². The Bertz CT molecular complexity index is 703. The zero-order valence-corrected chi connectivity index (χ0v) is 18.7. The summed E-state index contributed by atoms with van der Waals surface area (Å²) in [5, 5.41) is -2.66. The van der Waals surface area contributed by atoms with E-state index in [9.17, 15) is 0 Å². The van der Waals surface area contributed by atoms with Crippen molar-refractivity contribution in [2.24, 2.45) is 17.8 Å². The van der Waals surface area contributed by atoms with Crippen molar-refractivity contribution < 1.29 is 4.74 Å². The van der Waals surface area contributed by atoms with Gasteiger partial charge in [0.25, 0.3) is 0 Å². The van der Waals surface area contributed by atoms with Crippen LogP contribution in [0.25, 0.3) is 0 Å². The van der Waals surface area contributed by atoms with Crippen molar-refractivity contribution in [3.05, 3.63) is 20.1 Å². The van der Waals surface area contributed by atoms with Crippen LogP contribution in [-0.2, 0) is 4.74 Å². The number of alkyl halides is 6. The number of halogens is 10. The molecule has 0 aromatic rings. The Morgan fingerprint density at radius 3 is 1.96 bits per heavy atom. The highest BCUT2D eigenvalue weighted by Gasteiger charge is 2.88. The Labute approximate surface area is 188 Å². The Hall–Kier alpha value is 2.34. The first-order valence-corrected chi connectivity index (χ1v) is 10.6. The molecule has 1 saturated heterocycles. The Morgan fingerprint density at radius 1 is 0.833 bits per heavy atom. The lowest BCUT2D eigenvalue weighted by molar-refractivity contribution is 0.00893. The van der Waals surface area contributed by atoms with Crippen molar-refractivity contribution in [2.75, 3.05) is 0 Å². The first kappa shape index (κ1) is 19.6. The molecule has 24 heavy (non-hydrogen) atoms. The molecule has 3 fully saturated rings. The molecule has 1 heterocycles. The van der Waals surface area contributed by atoms with Crippen LogP contribution in [0.2, 0.25) is 0 Å². The van der Waals surface area contributed by atoms with Gasteiger partial charge in [-0.25, -0.2) is 0 Å². The third-order valence-electron chi connectivity index (χ3n) is 5.25. The molecule has 4 aliphatic rings. The van der Waals surface area contributed by atoms with Crippen LogP contribution in [0.15, 0.2) is 20.1 Å². The normalized spacial score (nSPS) is 55.2. The van der Waals surface area contributed by atoms with Gasteiger partial charge in [0, 0.05) is 16.9 Å². The molecule has 0 spiro atoms. The van der Waals surface area contributed by atoms with Gasteiger partial charge >= 0.3 is 0 Å². The number of allylic oxidation sites excluding steroid dienone is 2. The zero-order chi connectivity index (χ0) is 18.0. The summed E-state index contributed by atoms with van der Waals surface area (Å²) < 4.78 is 4.77. The molecule has 4 rings (SSSR count). The highest BCUT2D eigenvalue weighted by Crippen LogP contribution is 2.80. The van der Waals surface area contributed by atoms with E-state index in [1.54, 1.807) is 0 Å². The fraction of sp³-hybridized carbons (Fsp3) is 0.692. The Morgan fingerprint density at radius 2 is 1.38 bits per heavy atom. The topological polar surface area (TPSA) is 9.23 Å². The summed E-state index contributed by atoms with van der Waals surface area (Å²) in [4.78, 5) is -1.36. The fourth-order valence-corrected chi connectivity index (χ4v) is 8.79. The van der Waals surface area contributed by atoms with E-state index in [1.165, 1.54) is 0 Å². The van der Waals surface area contributed by atoms with E-state index in [-0.39, 0.29) is 26.0 Å². The molecule has 0 radical (unpaired) electrons. The maximum atomic E-state index is 7.03. The second kappa shape index (κ2) is 5.70. The van der Waals surface area contributed by atoms with Gasteiger partial charge in [0.05, 0.1) is 31.8 Å². The highest BCUT2D eigenvalue weighted by molar-refractivity contribution is 6.55. The molecule has 1 nitrogen and oxygen atoms in total. The number of rotatable bonds is 0. The lowest BCUT2D eigenvalue weighted by atomic mass is 9.75. The van der Waals surface area contributed by atoms with Crippen LogP contribution in [-0.4, -0.2) is 31.1 Å². The maximum Gasteiger partial charge on any atom is 0.180 e. The molecule has 2 saturated carbocycles. The molecule has 0 N–H and O–H groups in total. The first-order valence-electron chi connectivity index (χ1n) is 6.74. The minimum absolute atomic E-state index is 0.0765. The number of hydrogen-bond donors (Lipinski definition) is 0. The summed E-state index contributed by atoms with van der Waals surface area (Å²) in [6.07, 6.45) is -0.822. The third kappa shape index (κ3) is 2.05. The molecule has 134 valence electrons. The molecule has 0 amide bonds. The van der Waals surface area contributed by atoms with Gasteiger partial charge in [-0.15, -0.1) is 58.0 Å². The molecule has 0 bridgehead atoms. The first-order chi connectivity index (χ1) is 10.9. The van der Waals surface area contributed by atoms with Crippen molar-refractivity contribution in [1.29, 1.82) is 0 Å². The summed E-state index contributed by atoms with van der Waals surface area (Å²) in [6.45, 7) is 0. The van der Waals surface area contributed by atoms with Crippen molar-refractivity contribution in [3.8, 4) is 0 Å². The van der Waals surface area contributed by atoms with Gasteiger partial charge in [-0.1, -0.05) is 58.0 Å². The zero-order valence-electron chi connectivity index (χ0n) is 11.2. The number of hydrogen-bond acceptors (Lipinski definition) is 1.